The number of rotatable bonds is 5. The molecule has 0 aromatic heterocycles. The molecular formula is C16H13F3N2O3. The quantitative estimate of drug-likeness (QED) is 0.649. The van der Waals surface area contributed by atoms with Crippen LogP contribution in [0.15, 0.2) is 42.5 Å². The maximum absolute atomic E-state index is 13.4. The zero-order chi connectivity index (χ0) is 17.5. The Morgan fingerprint density at radius 1 is 0.917 bits per heavy atom. The summed E-state index contributed by atoms with van der Waals surface area (Å²) in [5.41, 5.74) is -0.433. The summed E-state index contributed by atoms with van der Waals surface area (Å²) in [5.74, 6) is -3.78. The van der Waals surface area contributed by atoms with Crippen LogP contribution in [0.25, 0.3) is 0 Å². The van der Waals surface area contributed by atoms with Crippen molar-refractivity contribution in [3.63, 3.8) is 0 Å². The van der Waals surface area contributed by atoms with Crippen molar-refractivity contribution in [1.82, 2.24) is 5.32 Å². The van der Waals surface area contributed by atoms with Crippen molar-refractivity contribution in [2.24, 2.45) is 0 Å². The molecule has 2 aromatic carbocycles. The Labute approximate surface area is 135 Å². The van der Waals surface area contributed by atoms with E-state index in [-0.39, 0.29) is 13.2 Å². The van der Waals surface area contributed by atoms with Gasteiger partial charge in [0.25, 0.3) is 0 Å². The van der Waals surface area contributed by atoms with Gasteiger partial charge in [-0.25, -0.2) is 13.2 Å². The summed E-state index contributed by atoms with van der Waals surface area (Å²) in [6.45, 7) is 0.0360. The van der Waals surface area contributed by atoms with Gasteiger partial charge in [-0.15, -0.1) is 0 Å². The average molecular weight is 338 g/mol. The van der Waals surface area contributed by atoms with Crippen molar-refractivity contribution in [2.45, 2.75) is 0 Å². The molecule has 0 saturated carbocycles. The fourth-order valence-corrected chi connectivity index (χ4v) is 1.72. The first kappa shape index (κ1) is 17.3. The largest absolute Gasteiger partial charge is 0.492 e. The molecule has 0 unspecified atom stereocenters. The summed E-state index contributed by atoms with van der Waals surface area (Å²) in [7, 11) is 0. The maximum Gasteiger partial charge on any atom is 0.313 e. The number of nitrogens with one attached hydrogen (secondary N) is 2. The highest BCUT2D eigenvalue weighted by Crippen LogP contribution is 2.15. The maximum atomic E-state index is 13.4. The molecule has 0 bridgehead atoms. The zero-order valence-corrected chi connectivity index (χ0v) is 12.3. The van der Waals surface area contributed by atoms with Crippen LogP contribution in [0.3, 0.4) is 0 Å². The Morgan fingerprint density at radius 3 is 2.29 bits per heavy atom. The molecule has 126 valence electrons. The van der Waals surface area contributed by atoms with Gasteiger partial charge in [0.15, 0.2) is 0 Å². The second-order valence-electron chi connectivity index (χ2n) is 4.64. The number of amides is 2. The van der Waals surface area contributed by atoms with Crippen LogP contribution in [0, 0.1) is 17.5 Å². The van der Waals surface area contributed by atoms with Crippen molar-refractivity contribution in [3.05, 3.63) is 59.9 Å². The molecule has 8 heteroatoms. The third-order valence-electron chi connectivity index (χ3n) is 2.85. The third-order valence-corrected chi connectivity index (χ3v) is 2.85. The molecule has 0 aliphatic rings. The van der Waals surface area contributed by atoms with Crippen molar-refractivity contribution in [3.8, 4) is 5.75 Å². The van der Waals surface area contributed by atoms with Crippen LogP contribution in [-0.4, -0.2) is 25.0 Å². The van der Waals surface area contributed by atoms with Crippen LogP contribution in [-0.2, 0) is 9.59 Å². The molecule has 2 rings (SSSR count). The molecule has 0 radical (unpaired) electrons. The highest BCUT2D eigenvalue weighted by molar-refractivity contribution is 6.39. The molecule has 0 spiro atoms. The molecule has 0 saturated heterocycles. The summed E-state index contributed by atoms with van der Waals surface area (Å²) in [5, 5.41) is 4.22. The molecule has 2 N–H and O–H groups in total. The lowest BCUT2D eigenvalue weighted by atomic mass is 10.3. The lowest BCUT2D eigenvalue weighted by molar-refractivity contribution is -0.136. The minimum absolute atomic E-state index is 0.00470. The van der Waals surface area contributed by atoms with Crippen molar-refractivity contribution in [2.75, 3.05) is 18.5 Å². The van der Waals surface area contributed by atoms with Crippen molar-refractivity contribution >= 4 is 17.5 Å². The molecule has 0 aliphatic carbocycles. The Balaban J connectivity index is 1.76. The van der Waals surface area contributed by atoms with E-state index in [1.165, 1.54) is 24.3 Å². The molecule has 5 nitrogen and oxygen atoms in total. The van der Waals surface area contributed by atoms with Gasteiger partial charge in [0, 0.05) is 6.07 Å². The molecule has 2 amide bonds. The van der Waals surface area contributed by atoms with Gasteiger partial charge < -0.3 is 15.4 Å². The number of benzene rings is 2. The Bertz CT molecular complexity index is 736. The topological polar surface area (TPSA) is 67.4 Å². The van der Waals surface area contributed by atoms with E-state index in [0.29, 0.717) is 5.75 Å². The number of hydrogen-bond donors (Lipinski definition) is 2. The van der Waals surface area contributed by atoms with E-state index in [1.54, 1.807) is 0 Å². The SMILES string of the molecule is O=C(NCCOc1ccc(F)cc1)C(=O)Nc1cc(F)ccc1F. The van der Waals surface area contributed by atoms with Gasteiger partial charge >= 0.3 is 11.8 Å². The normalized spacial score (nSPS) is 10.1. The van der Waals surface area contributed by atoms with E-state index in [2.05, 4.69) is 5.32 Å². The molecule has 2 aromatic rings. The summed E-state index contributed by atoms with van der Waals surface area (Å²) in [6.07, 6.45) is 0. The lowest BCUT2D eigenvalue weighted by Crippen LogP contribution is -2.37. The molecular weight excluding hydrogens is 325 g/mol. The molecule has 0 aliphatic heterocycles. The fraction of sp³-hybridized carbons (Fsp3) is 0.125. The Kier molecular flexibility index (Phi) is 5.78. The van der Waals surface area contributed by atoms with E-state index >= 15 is 0 Å². The van der Waals surface area contributed by atoms with Crippen LogP contribution in [0.1, 0.15) is 0 Å². The number of carbonyl (C=O) groups is 2. The molecule has 0 fully saturated rings. The molecule has 24 heavy (non-hydrogen) atoms. The van der Waals surface area contributed by atoms with E-state index in [9.17, 15) is 22.8 Å². The van der Waals surface area contributed by atoms with E-state index in [0.717, 1.165) is 18.2 Å². The summed E-state index contributed by atoms with van der Waals surface area (Å²) < 4.78 is 44.2. The summed E-state index contributed by atoms with van der Waals surface area (Å²) in [6, 6.07) is 7.74. The van der Waals surface area contributed by atoms with Crippen LogP contribution >= 0.6 is 0 Å². The van der Waals surface area contributed by atoms with Crippen LogP contribution in [0.2, 0.25) is 0 Å². The predicted octanol–water partition coefficient (Wildman–Crippen LogP) is 2.24. The van der Waals surface area contributed by atoms with E-state index < -0.39 is 35.0 Å². The van der Waals surface area contributed by atoms with Gasteiger partial charge in [-0.05, 0) is 36.4 Å². The Morgan fingerprint density at radius 2 is 1.58 bits per heavy atom. The first-order chi connectivity index (χ1) is 11.5. The van der Waals surface area contributed by atoms with E-state index in [4.69, 9.17) is 4.74 Å². The first-order valence-corrected chi connectivity index (χ1v) is 6.88. The number of carbonyl (C=O) groups excluding carboxylic acids is 2. The van der Waals surface area contributed by atoms with Gasteiger partial charge in [-0.1, -0.05) is 0 Å². The highest BCUT2D eigenvalue weighted by Gasteiger charge is 2.15. The minimum Gasteiger partial charge on any atom is -0.492 e. The van der Waals surface area contributed by atoms with Gasteiger partial charge in [0.05, 0.1) is 12.2 Å². The first-order valence-electron chi connectivity index (χ1n) is 6.88. The summed E-state index contributed by atoms with van der Waals surface area (Å²) >= 11 is 0. The minimum atomic E-state index is -1.14. The zero-order valence-electron chi connectivity index (χ0n) is 12.3. The Hall–Kier alpha value is -3.03. The number of anilines is 1. The number of ether oxygens (including phenoxy) is 1. The van der Waals surface area contributed by atoms with E-state index in [1.807, 2.05) is 5.32 Å². The van der Waals surface area contributed by atoms with Crippen molar-refractivity contribution < 1.29 is 27.5 Å². The smallest absolute Gasteiger partial charge is 0.313 e. The van der Waals surface area contributed by atoms with Gasteiger partial charge in [-0.2, -0.15) is 0 Å². The standard InChI is InChI=1S/C16H13F3N2O3/c17-10-1-4-12(5-2-10)24-8-7-20-15(22)16(23)21-14-9-11(18)3-6-13(14)19/h1-6,9H,7-8H2,(H,20,22)(H,21,23). The number of hydrogen-bond acceptors (Lipinski definition) is 3. The third kappa shape index (κ3) is 5.01. The molecule has 0 atom stereocenters. The highest BCUT2D eigenvalue weighted by atomic mass is 19.1. The second-order valence-corrected chi connectivity index (χ2v) is 4.64. The lowest BCUT2D eigenvalue weighted by Gasteiger charge is -2.08. The van der Waals surface area contributed by atoms with Gasteiger partial charge in [0.2, 0.25) is 0 Å². The monoisotopic (exact) mass is 338 g/mol. The fourth-order valence-electron chi connectivity index (χ4n) is 1.72. The average Bonchev–Trinajstić information content (AvgIpc) is 2.56. The van der Waals surface area contributed by atoms with Gasteiger partial charge in [-0.3, -0.25) is 9.59 Å². The van der Waals surface area contributed by atoms with Crippen molar-refractivity contribution in [1.29, 1.82) is 0 Å². The van der Waals surface area contributed by atoms with Crippen LogP contribution in [0.5, 0.6) is 5.75 Å². The molecule has 0 heterocycles. The van der Waals surface area contributed by atoms with Crippen LogP contribution < -0.4 is 15.4 Å². The van der Waals surface area contributed by atoms with Crippen LogP contribution in [0.4, 0.5) is 18.9 Å². The van der Waals surface area contributed by atoms with Gasteiger partial charge in [0.1, 0.15) is 29.8 Å². The number of halogens is 3. The summed E-state index contributed by atoms with van der Waals surface area (Å²) in [4.78, 5) is 23.1. The second kappa shape index (κ2) is 8.00. The predicted molar refractivity (Wildman–Crippen MR) is 79.9 cm³/mol.